The fourth-order valence-electron chi connectivity index (χ4n) is 2.42. The van der Waals surface area contributed by atoms with Gasteiger partial charge in [0.2, 0.25) is 0 Å². The standard InChI is InChI=1S/C15H13N5/c1-2-15(17-9-12(1)13-4-7-18-19-13)20-8-5-11-3-6-16-10-14(11)20/h1-10,13,18-19H. The average molecular weight is 263 g/mol. The van der Waals surface area contributed by atoms with E-state index in [1.807, 2.05) is 41.5 Å². The molecule has 0 aromatic carbocycles. The summed E-state index contributed by atoms with van der Waals surface area (Å²) in [7, 11) is 0. The summed E-state index contributed by atoms with van der Waals surface area (Å²) in [5.74, 6) is 0.895. The summed E-state index contributed by atoms with van der Waals surface area (Å²) < 4.78 is 2.04. The highest BCUT2D eigenvalue weighted by Crippen LogP contribution is 2.20. The molecule has 4 rings (SSSR count). The zero-order valence-corrected chi connectivity index (χ0v) is 10.7. The molecular formula is C15H13N5. The molecule has 0 aliphatic carbocycles. The lowest BCUT2D eigenvalue weighted by Crippen LogP contribution is -2.24. The van der Waals surface area contributed by atoms with E-state index in [4.69, 9.17) is 0 Å². The van der Waals surface area contributed by atoms with E-state index in [1.54, 1.807) is 6.20 Å². The van der Waals surface area contributed by atoms with Crippen LogP contribution in [0.2, 0.25) is 0 Å². The van der Waals surface area contributed by atoms with Crippen molar-refractivity contribution in [2.45, 2.75) is 6.04 Å². The van der Waals surface area contributed by atoms with Crippen molar-refractivity contribution < 1.29 is 0 Å². The van der Waals surface area contributed by atoms with E-state index in [0.29, 0.717) is 0 Å². The van der Waals surface area contributed by atoms with E-state index < -0.39 is 0 Å². The SMILES string of the molecule is C1=CC(c2ccc(-n3ccc4ccncc43)nc2)NN1. The van der Waals surface area contributed by atoms with Crippen LogP contribution in [0, 0.1) is 0 Å². The Kier molecular flexibility index (Phi) is 2.50. The van der Waals surface area contributed by atoms with Gasteiger partial charge in [-0.25, -0.2) is 10.4 Å². The van der Waals surface area contributed by atoms with Crippen LogP contribution in [-0.2, 0) is 0 Å². The van der Waals surface area contributed by atoms with Crippen molar-refractivity contribution in [2.24, 2.45) is 0 Å². The van der Waals surface area contributed by atoms with E-state index in [0.717, 1.165) is 22.3 Å². The number of hydrogen-bond donors (Lipinski definition) is 2. The van der Waals surface area contributed by atoms with Gasteiger partial charge < -0.3 is 5.43 Å². The first kappa shape index (κ1) is 11.2. The monoisotopic (exact) mass is 263 g/mol. The van der Waals surface area contributed by atoms with Gasteiger partial charge in [0, 0.05) is 30.2 Å². The molecule has 0 saturated carbocycles. The van der Waals surface area contributed by atoms with Crippen molar-refractivity contribution >= 4 is 10.9 Å². The molecule has 0 amide bonds. The fraction of sp³-hybridized carbons (Fsp3) is 0.0667. The van der Waals surface area contributed by atoms with Gasteiger partial charge in [-0.3, -0.25) is 9.55 Å². The molecule has 0 bridgehead atoms. The van der Waals surface area contributed by atoms with Crippen molar-refractivity contribution in [3.8, 4) is 5.82 Å². The molecule has 4 heterocycles. The summed E-state index contributed by atoms with van der Waals surface area (Å²) in [6, 6.07) is 8.35. The smallest absolute Gasteiger partial charge is 0.137 e. The van der Waals surface area contributed by atoms with Crippen LogP contribution in [0.4, 0.5) is 0 Å². The fourth-order valence-corrected chi connectivity index (χ4v) is 2.42. The van der Waals surface area contributed by atoms with Crippen LogP contribution in [0.15, 0.2) is 61.3 Å². The molecule has 1 aliphatic rings. The Bertz CT molecular complexity index is 772. The number of pyridine rings is 2. The Labute approximate surface area is 115 Å². The van der Waals surface area contributed by atoms with Gasteiger partial charge in [-0.05, 0) is 29.8 Å². The zero-order chi connectivity index (χ0) is 13.4. The van der Waals surface area contributed by atoms with Crippen LogP contribution in [-0.4, -0.2) is 14.5 Å². The summed E-state index contributed by atoms with van der Waals surface area (Å²) in [4.78, 5) is 8.73. The molecule has 20 heavy (non-hydrogen) atoms. The second-order valence-electron chi connectivity index (χ2n) is 4.70. The molecule has 5 heteroatoms. The van der Waals surface area contributed by atoms with Gasteiger partial charge in [-0.1, -0.05) is 6.07 Å². The van der Waals surface area contributed by atoms with Crippen molar-refractivity contribution in [3.63, 3.8) is 0 Å². The molecule has 3 aromatic rings. The topological polar surface area (TPSA) is 54.8 Å². The Balaban J connectivity index is 1.73. The van der Waals surface area contributed by atoms with E-state index in [-0.39, 0.29) is 6.04 Å². The third-order valence-corrected chi connectivity index (χ3v) is 3.48. The quantitative estimate of drug-likeness (QED) is 0.743. The van der Waals surface area contributed by atoms with E-state index in [9.17, 15) is 0 Å². The first-order valence-corrected chi connectivity index (χ1v) is 6.47. The molecule has 5 nitrogen and oxygen atoms in total. The molecule has 0 radical (unpaired) electrons. The number of hydrazine groups is 1. The lowest BCUT2D eigenvalue weighted by molar-refractivity contribution is 0.608. The summed E-state index contributed by atoms with van der Waals surface area (Å²) in [6.45, 7) is 0. The van der Waals surface area contributed by atoms with Crippen LogP contribution in [0.1, 0.15) is 11.6 Å². The minimum atomic E-state index is 0.180. The van der Waals surface area contributed by atoms with E-state index in [2.05, 4.69) is 39.0 Å². The Morgan fingerprint density at radius 2 is 2.10 bits per heavy atom. The molecule has 0 saturated heterocycles. The number of aromatic nitrogens is 3. The second kappa shape index (κ2) is 4.47. The van der Waals surface area contributed by atoms with Crippen LogP contribution >= 0.6 is 0 Å². The highest BCUT2D eigenvalue weighted by molar-refractivity contribution is 5.80. The van der Waals surface area contributed by atoms with E-state index >= 15 is 0 Å². The average Bonchev–Trinajstić information content (AvgIpc) is 3.17. The van der Waals surface area contributed by atoms with Gasteiger partial charge in [-0.2, -0.15) is 0 Å². The molecule has 0 spiro atoms. The van der Waals surface area contributed by atoms with Gasteiger partial charge >= 0.3 is 0 Å². The summed E-state index contributed by atoms with van der Waals surface area (Å²) in [5, 5.41) is 1.16. The molecule has 2 N–H and O–H groups in total. The highest BCUT2D eigenvalue weighted by Gasteiger charge is 2.11. The van der Waals surface area contributed by atoms with Gasteiger partial charge in [0.15, 0.2) is 0 Å². The number of hydrogen-bond acceptors (Lipinski definition) is 4. The maximum absolute atomic E-state index is 4.55. The van der Waals surface area contributed by atoms with Crippen LogP contribution in [0.3, 0.4) is 0 Å². The first-order valence-electron chi connectivity index (χ1n) is 6.47. The van der Waals surface area contributed by atoms with Crippen molar-refractivity contribution in [3.05, 3.63) is 66.9 Å². The van der Waals surface area contributed by atoms with Gasteiger partial charge in [0.1, 0.15) is 5.82 Å². The molecular weight excluding hydrogens is 250 g/mol. The van der Waals surface area contributed by atoms with Crippen LogP contribution < -0.4 is 10.9 Å². The minimum Gasteiger partial charge on any atom is -0.328 e. The molecule has 98 valence electrons. The maximum Gasteiger partial charge on any atom is 0.137 e. The molecule has 1 unspecified atom stereocenters. The summed E-state index contributed by atoms with van der Waals surface area (Å²) >= 11 is 0. The number of nitrogens with one attached hydrogen (secondary N) is 2. The van der Waals surface area contributed by atoms with Crippen molar-refractivity contribution in [1.29, 1.82) is 0 Å². The second-order valence-corrected chi connectivity index (χ2v) is 4.70. The largest absolute Gasteiger partial charge is 0.328 e. The Hall–Kier alpha value is -2.66. The van der Waals surface area contributed by atoms with Gasteiger partial charge in [-0.15, -0.1) is 0 Å². The van der Waals surface area contributed by atoms with Crippen molar-refractivity contribution in [1.82, 2.24) is 25.4 Å². The molecule has 3 aromatic heterocycles. The number of nitrogens with zero attached hydrogens (tertiary/aromatic N) is 3. The van der Waals surface area contributed by atoms with Crippen LogP contribution in [0.5, 0.6) is 0 Å². The first-order chi connectivity index (χ1) is 9.92. The van der Waals surface area contributed by atoms with Crippen LogP contribution in [0.25, 0.3) is 16.7 Å². The minimum absolute atomic E-state index is 0.180. The maximum atomic E-state index is 4.55. The normalized spacial score (nSPS) is 17.5. The summed E-state index contributed by atoms with van der Waals surface area (Å²) in [6.07, 6.45) is 11.5. The van der Waals surface area contributed by atoms with Gasteiger partial charge in [0.05, 0.1) is 17.8 Å². The number of rotatable bonds is 2. The van der Waals surface area contributed by atoms with E-state index in [1.165, 1.54) is 0 Å². The summed E-state index contributed by atoms with van der Waals surface area (Å²) in [5.41, 5.74) is 8.30. The molecule has 1 atom stereocenters. The third kappa shape index (κ3) is 1.76. The lowest BCUT2D eigenvalue weighted by atomic mass is 10.1. The molecule has 0 fully saturated rings. The zero-order valence-electron chi connectivity index (χ0n) is 10.7. The lowest BCUT2D eigenvalue weighted by Gasteiger charge is -2.10. The predicted octanol–water partition coefficient (Wildman–Crippen LogP) is 2.08. The highest BCUT2D eigenvalue weighted by atomic mass is 15.4. The predicted molar refractivity (Wildman–Crippen MR) is 77.0 cm³/mol. The molecule has 1 aliphatic heterocycles. The Morgan fingerprint density at radius 1 is 1.10 bits per heavy atom. The number of fused-ring (bicyclic) bond motifs is 1. The van der Waals surface area contributed by atoms with Gasteiger partial charge in [0.25, 0.3) is 0 Å². The third-order valence-electron chi connectivity index (χ3n) is 3.48. The Morgan fingerprint density at radius 3 is 2.90 bits per heavy atom. The van der Waals surface area contributed by atoms with Crippen molar-refractivity contribution in [2.75, 3.05) is 0 Å².